The highest BCUT2D eigenvalue weighted by Crippen LogP contribution is 2.45. The van der Waals surface area contributed by atoms with Crippen LogP contribution in [0.25, 0.3) is 0 Å². The van der Waals surface area contributed by atoms with Gasteiger partial charge in [0, 0.05) is 55.1 Å². The molecule has 0 aliphatic carbocycles. The third-order valence-corrected chi connectivity index (χ3v) is 8.14. The topological polar surface area (TPSA) is 135 Å². The Kier molecular flexibility index (Phi) is 13.5. The first-order chi connectivity index (χ1) is 21.4. The molecule has 2 amide bonds. The van der Waals surface area contributed by atoms with E-state index in [1.54, 1.807) is 48.2 Å². The maximum absolute atomic E-state index is 13.4. The van der Waals surface area contributed by atoms with Gasteiger partial charge in [-0.2, -0.15) is 0 Å². The van der Waals surface area contributed by atoms with Crippen LogP contribution in [0.1, 0.15) is 88.6 Å². The molecule has 1 saturated heterocycles. The van der Waals surface area contributed by atoms with Crippen molar-refractivity contribution < 1.29 is 38.8 Å². The summed E-state index contributed by atoms with van der Waals surface area (Å²) in [5.74, 6) is -0.0570. The van der Waals surface area contributed by atoms with Gasteiger partial charge >= 0.3 is 5.97 Å². The molecule has 2 aromatic rings. The lowest BCUT2D eigenvalue weighted by molar-refractivity contribution is -0.151. The van der Waals surface area contributed by atoms with Crippen molar-refractivity contribution in [2.24, 2.45) is 11.3 Å². The molecule has 1 aliphatic heterocycles. The Morgan fingerprint density at radius 2 is 1.76 bits per heavy atom. The van der Waals surface area contributed by atoms with E-state index in [0.29, 0.717) is 72.2 Å². The molecule has 1 aliphatic rings. The van der Waals surface area contributed by atoms with Crippen LogP contribution in [0.5, 0.6) is 11.5 Å². The van der Waals surface area contributed by atoms with E-state index in [-0.39, 0.29) is 49.8 Å². The molecule has 1 unspecified atom stereocenters. The van der Waals surface area contributed by atoms with Gasteiger partial charge in [-0.05, 0) is 48.9 Å². The quantitative estimate of drug-likeness (QED) is 0.193. The second kappa shape index (κ2) is 16.8. The molecular weight excluding hydrogens is 600 g/mol. The fourth-order valence-electron chi connectivity index (χ4n) is 5.53. The zero-order valence-electron chi connectivity index (χ0n) is 26.9. The molecule has 248 valence electrons. The van der Waals surface area contributed by atoms with Crippen molar-refractivity contribution in [3.05, 3.63) is 58.1 Å². The molecule has 0 saturated carbocycles. The van der Waals surface area contributed by atoms with Crippen LogP contribution in [0.3, 0.4) is 0 Å². The van der Waals surface area contributed by atoms with E-state index in [1.807, 2.05) is 20.8 Å². The number of nitrogens with zero attached hydrogens (tertiary/aromatic N) is 1. The van der Waals surface area contributed by atoms with Gasteiger partial charge in [-0.25, -0.2) is 0 Å². The maximum Gasteiger partial charge on any atom is 0.309 e. The number of methoxy groups -OCH3 is 1. The van der Waals surface area contributed by atoms with Crippen molar-refractivity contribution in [1.82, 2.24) is 10.2 Å². The van der Waals surface area contributed by atoms with Gasteiger partial charge in [-0.15, -0.1) is 0 Å². The summed E-state index contributed by atoms with van der Waals surface area (Å²) in [5.41, 5.74) is 0.934. The van der Waals surface area contributed by atoms with E-state index in [0.717, 1.165) is 0 Å². The van der Waals surface area contributed by atoms with Crippen LogP contribution in [0.15, 0.2) is 36.4 Å². The van der Waals surface area contributed by atoms with Gasteiger partial charge in [-0.3, -0.25) is 14.4 Å². The highest BCUT2D eigenvalue weighted by molar-refractivity contribution is 6.30. The monoisotopic (exact) mass is 646 g/mol. The maximum atomic E-state index is 13.4. The van der Waals surface area contributed by atoms with E-state index in [1.165, 1.54) is 7.11 Å². The van der Waals surface area contributed by atoms with E-state index < -0.39 is 17.6 Å². The number of esters is 1. The largest absolute Gasteiger partial charge is 0.496 e. The van der Waals surface area contributed by atoms with E-state index in [2.05, 4.69) is 5.32 Å². The van der Waals surface area contributed by atoms with Crippen molar-refractivity contribution in [2.75, 3.05) is 40.0 Å². The molecule has 2 atom stereocenters. The number of likely N-dealkylation sites (tertiary alicyclic amines) is 1. The zero-order chi connectivity index (χ0) is 33.1. The summed E-state index contributed by atoms with van der Waals surface area (Å²) in [6.45, 7) is 8.99. The van der Waals surface area contributed by atoms with Crippen LogP contribution in [0, 0.1) is 11.3 Å². The van der Waals surface area contributed by atoms with Crippen molar-refractivity contribution >= 4 is 29.4 Å². The standard InChI is InChI=1S/C34H47ClN2O8/c1-6-44-33(42)22-14-16-37(17-15-22)29(40)13-12-28(39)36-32(34(2,3)4)30-25(20-23(35)21-27(30)45-19-9-18-38)31(41)24-10-7-8-11-26(24)43-5/h7-8,10-11,20-22,31-32,38,41H,6,9,12-19H2,1-5H3,(H,36,39)/t31-,32?/m1/s1. The minimum atomic E-state index is -1.17. The number of benzene rings is 2. The Labute approximate surface area is 271 Å². The number of piperidine rings is 1. The number of ether oxygens (including phenoxy) is 3. The molecule has 3 N–H and O–H groups in total. The molecule has 45 heavy (non-hydrogen) atoms. The highest BCUT2D eigenvalue weighted by atomic mass is 35.5. The molecule has 2 aromatic carbocycles. The molecule has 0 radical (unpaired) electrons. The van der Waals surface area contributed by atoms with Crippen molar-refractivity contribution in [3.63, 3.8) is 0 Å². The van der Waals surface area contributed by atoms with Crippen LogP contribution in [-0.2, 0) is 19.1 Å². The minimum absolute atomic E-state index is 0.0178. The third-order valence-electron chi connectivity index (χ3n) is 7.92. The Hall–Kier alpha value is -3.34. The van der Waals surface area contributed by atoms with Gasteiger partial charge < -0.3 is 34.6 Å². The number of aliphatic hydroxyl groups is 2. The van der Waals surface area contributed by atoms with Crippen LogP contribution >= 0.6 is 11.6 Å². The van der Waals surface area contributed by atoms with Crippen LogP contribution in [0.2, 0.25) is 5.02 Å². The molecule has 11 heteroatoms. The first-order valence-corrected chi connectivity index (χ1v) is 15.9. The second-order valence-electron chi connectivity index (χ2n) is 12.3. The molecule has 3 rings (SSSR count). The molecule has 1 heterocycles. The van der Waals surface area contributed by atoms with E-state index in [4.69, 9.17) is 25.8 Å². The summed E-state index contributed by atoms with van der Waals surface area (Å²) >= 11 is 6.54. The number of nitrogens with one attached hydrogen (secondary N) is 1. The number of para-hydroxylation sites is 1. The predicted octanol–water partition coefficient (Wildman–Crippen LogP) is 4.98. The van der Waals surface area contributed by atoms with Crippen molar-refractivity contribution in [3.8, 4) is 11.5 Å². The molecule has 0 aromatic heterocycles. The first-order valence-electron chi connectivity index (χ1n) is 15.5. The lowest BCUT2D eigenvalue weighted by Crippen LogP contribution is -2.41. The lowest BCUT2D eigenvalue weighted by Gasteiger charge is -2.36. The Balaban J connectivity index is 1.86. The van der Waals surface area contributed by atoms with Crippen molar-refractivity contribution in [1.29, 1.82) is 0 Å². The van der Waals surface area contributed by atoms with E-state index in [9.17, 15) is 24.6 Å². The number of rotatable bonds is 14. The average molecular weight is 647 g/mol. The summed E-state index contributed by atoms with van der Waals surface area (Å²) in [6, 6.07) is 9.75. The number of hydrogen-bond donors (Lipinski definition) is 3. The van der Waals surface area contributed by atoms with Gasteiger partial charge in [0.15, 0.2) is 0 Å². The van der Waals surface area contributed by atoms with Gasteiger partial charge in [0.05, 0.1) is 32.3 Å². The highest BCUT2D eigenvalue weighted by Gasteiger charge is 2.35. The lowest BCUT2D eigenvalue weighted by atomic mass is 9.78. The smallest absolute Gasteiger partial charge is 0.309 e. The average Bonchev–Trinajstić information content (AvgIpc) is 3.02. The van der Waals surface area contributed by atoms with Crippen LogP contribution < -0.4 is 14.8 Å². The summed E-state index contributed by atoms with van der Waals surface area (Å²) in [7, 11) is 1.52. The third kappa shape index (κ3) is 9.82. The molecule has 1 fully saturated rings. The fourth-order valence-corrected chi connectivity index (χ4v) is 5.75. The number of carbonyl (C=O) groups excluding carboxylic acids is 3. The normalized spacial score (nSPS) is 15.2. The first kappa shape index (κ1) is 36.1. The summed E-state index contributed by atoms with van der Waals surface area (Å²) in [5, 5.41) is 24.5. The molecule has 0 bridgehead atoms. The summed E-state index contributed by atoms with van der Waals surface area (Å²) in [4.78, 5) is 40.2. The molecular formula is C34H47ClN2O8. The zero-order valence-corrected chi connectivity index (χ0v) is 27.7. The predicted molar refractivity (Wildman–Crippen MR) is 171 cm³/mol. The Bertz CT molecular complexity index is 1300. The van der Waals surface area contributed by atoms with Gasteiger partial charge in [0.25, 0.3) is 0 Å². The van der Waals surface area contributed by atoms with Gasteiger partial charge in [0.1, 0.15) is 17.6 Å². The van der Waals surface area contributed by atoms with Crippen LogP contribution in [-0.4, -0.2) is 72.9 Å². The number of amides is 2. The Morgan fingerprint density at radius 3 is 2.38 bits per heavy atom. The SMILES string of the molecule is CCOC(=O)C1CCN(C(=O)CCC(=O)NC(c2c(OCCCO)cc(Cl)cc2[C@H](O)c2ccccc2OC)C(C)(C)C)CC1. The Morgan fingerprint density at radius 1 is 1.07 bits per heavy atom. The van der Waals surface area contributed by atoms with Crippen molar-refractivity contribution in [2.45, 2.75) is 71.9 Å². The number of hydrogen-bond acceptors (Lipinski definition) is 8. The summed E-state index contributed by atoms with van der Waals surface area (Å²) in [6.07, 6.45) is 0.260. The number of aliphatic hydroxyl groups excluding tert-OH is 2. The second-order valence-corrected chi connectivity index (χ2v) is 12.7. The van der Waals surface area contributed by atoms with Gasteiger partial charge in [-0.1, -0.05) is 50.6 Å². The number of halogens is 1. The molecule has 0 spiro atoms. The van der Waals surface area contributed by atoms with E-state index >= 15 is 0 Å². The van der Waals surface area contributed by atoms with Gasteiger partial charge in [0.2, 0.25) is 11.8 Å². The summed E-state index contributed by atoms with van der Waals surface area (Å²) < 4.78 is 16.7. The van der Waals surface area contributed by atoms with Crippen LogP contribution in [0.4, 0.5) is 0 Å². The minimum Gasteiger partial charge on any atom is -0.496 e. The fraction of sp³-hybridized carbons (Fsp3) is 0.559. The number of carbonyl (C=O) groups is 3. The molecule has 10 nitrogen and oxygen atoms in total.